The van der Waals surface area contributed by atoms with E-state index in [-0.39, 0.29) is 5.91 Å². The maximum absolute atomic E-state index is 11.1. The van der Waals surface area contributed by atoms with E-state index in [1.54, 1.807) is 7.05 Å². The minimum Gasteiger partial charge on any atom is -0.359 e. The van der Waals surface area contributed by atoms with Gasteiger partial charge in [-0.15, -0.1) is 0 Å². The molecule has 0 aliphatic heterocycles. The van der Waals surface area contributed by atoms with Gasteiger partial charge in [0.2, 0.25) is 5.91 Å². The maximum atomic E-state index is 11.1. The highest BCUT2D eigenvalue weighted by Crippen LogP contribution is 2.10. The predicted molar refractivity (Wildman–Crippen MR) is 69.4 cm³/mol. The Morgan fingerprint density at radius 3 is 2.59 bits per heavy atom. The Hall–Kier alpha value is -1.39. The average molecular weight is 235 g/mol. The number of amides is 1. The molecular formula is C13H21N3O. The van der Waals surface area contributed by atoms with E-state index < -0.39 is 0 Å². The molecule has 1 rings (SSSR count). The molecule has 4 nitrogen and oxygen atoms in total. The lowest BCUT2D eigenvalue weighted by molar-refractivity contribution is -0.120. The third kappa shape index (κ3) is 4.54. The third-order valence-corrected chi connectivity index (χ3v) is 2.78. The normalized spacial score (nSPS) is 10.6. The fraction of sp³-hybridized carbons (Fsp3) is 0.462. The second-order valence-electron chi connectivity index (χ2n) is 4.13. The molecule has 17 heavy (non-hydrogen) atoms. The molecule has 1 amide bonds. The Kier molecular flexibility index (Phi) is 5.66. The largest absolute Gasteiger partial charge is 0.359 e. The van der Waals surface area contributed by atoms with E-state index in [0.29, 0.717) is 13.0 Å². The number of carbonyl (C=O) groups is 1. The van der Waals surface area contributed by atoms with E-state index in [2.05, 4.69) is 16.3 Å². The van der Waals surface area contributed by atoms with Gasteiger partial charge in [0, 0.05) is 33.1 Å². The molecule has 1 aromatic rings. The molecule has 0 aromatic heterocycles. The molecule has 3 N–H and O–H groups in total. The van der Waals surface area contributed by atoms with Crippen molar-refractivity contribution in [3.8, 4) is 0 Å². The van der Waals surface area contributed by atoms with Crippen molar-refractivity contribution < 1.29 is 4.79 Å². The van der Waals surface area contributed by atoms with Crippen LogP contribution in [0.2, 0.25) is 0 Å². The van der Waals surface area contributed by atoms with Gasteiger partial charge in [-0.1, -0.05) is 24.3 Å². The Bertz CT molecular complexity index is 365. The zero-order valence-electron chi connectivity index (χ0n) is 10.6. The van der Waals surface area contributed by atoms with E-state index >= 15 is 0 Å². The van der Waals surface area contributed by atoms with Gasteiger partial charge in [-0.2, -0.15) is 0 Å². The topological polar surface area (TPSA) is 58.4 Å². The van der Waals surface area contributed by atoms with E-state index in [1.165, 1.54) is 11.1 Å². The number of rotatable bonds is 6. The van der Waals surface area contributed by atoms with Crippen LogP contribution in [-0.4, -0.2) is 31.4 Å². The van der Waals surface area contributed by atoms with Gasteiger partial charge in [-0.05, 0) is 18.2 Å². The highest BCUT2D eigenvalue weighted by molar-refractivity contribution is 5.75. The van der Waals surface area contributed by atoms with Gasteiger partial charge in [-0.25, -0.2) is 0 Å². The molecule has 0 radical (unpaired) electrons. The van der Waals surface area contributed by atoms with Crippen molar-refractivity contribution in [3.05, 3.63) is 35.4 Å². The summed E-state index contributed by atoms with van der Waals surface area (Å²) < 4.78 is 0. The lowest BCUT2D eigenvalue weighted by Gasteiger charge is -2.18. The van der Waals surface area contributed by atoms with E-state index in [9.17, 15) is 4.79 Å². The molecule has 0 aliphatic rings. The summed E-state index contributed by atoms with van der Waals surface area (Å²) in [5.74, 6) is 0.0731. The Labute approximate surface area is 103 Å². The number of nitrogens with zero attached hydrogens (tertiary/aromatic N) is 1. The zero-order valence-corrected chi connectivity index (χ0v) is 10.6. The molecule has 0 atom stereocenters. The third-order valence-electron chi connectivity index (χ3n) is 2.78. The Morgan fingerprint density at radius 2 is 2.00 bits per heavy atom. The minimum atomic E-state index is 0.0731. The van der Waals surface area contributed by atoms with E-state index in [4.69, 9.17) is 5.73 Å². The summed E-state index contributed by atoms with van der Waals surface area (Å²) in [5.41, 5.74) is 8.08. The molecule has 4 heteroatoms. The van der Waals surface area contributed by atoms with E-state index in [0.717, 1.165) is 13.1 Å². The summed E-state index contributed by atoms with van der Waals surface area (Å²) >= 11 is 0. The van der Waals surface area contributed by atoms with Crippen LogP contribution in [0.4, 0.5) is 0 Å². The second kappa shape index (κ2) is 7.04. The van der Waals surface area contributed by atoms with Gasteiger partial charge in [0.1, 0.15) is 0 Å². The van der Waals surface area contributed by atoms with Gasteiger partial charge in [-0.3, -0.25) is 4.79 Å². The van der Waals surface area contributed by atoms with Crippen LogP contribution >= 0.6 is 0 Å². The highest BCUT2D eigenvalue weighted by Gasteiger charge is 2.06. The van der Waals surface area contributed by atoms with Crippen molar-refractivity contribution in [2.45, 2.75) is 19.5 Å². The van der Waals surface area contributed by atoms with Crippen LogP contribution < -0.4 is 11.1 Å². The summed E-state index contributed by atoms with van der Waals surface area (Å²) in [6.45, 7) is 2.13. The van der Waals surface area contributed by atoms with Crippen LogP contribution in [0.25, 0.3) is 0 Å². The number of hydrogen-bond acceptors (Lipinski definition) is 3. The number of carbonyl (C=O) groups excluding carboxylic acids is 1. The molecule has 0 spiro atoms. The van der Waals surface area contributed by atoms with Gasteiger partial charge in [0.05, 0.1) is 0 Å². The SMILES string of the molecule is CNC(=O)CCN(C)Cc1ccccc1CN. The van der Waals surface area contributed by atoms with Gasteiger partial charge in [0.25, 0.3) is 0 Å². The molecular weight excluding hydrogens is 214 g/mol. The molecule has 0 fully saturated rings. The first-order valence-corrected chi connectivity index (χ1v) is 5.83. The van der Waals surface area contributed by atoms with Crippen molar-refractivity contribution in [3.63, 3.8) is 0 Å². The van der Waals surface area contributed by atoms with Crippen LogP contribution in [0, 0.1) is 0 Å². The number of hydrogen-bond donors (Lipinski definition) is 2. The first-order chi connectivity index (χ1) is 8.17. The number of nitrogens with one attached hydrogen (secondary N) is 1. The molecule has 94 valence electrons. The summed E-state index contributed by atoms with van der Waals surface area (Å²) in [5, 5.41) is 2.62. The fourth-order valence-corrected chi connectivity index (χ4v) is 1.70. The molecule has 1 aromatic carbocycles. The van der Waals surface area contributed by atoms with Crippen molar-refractivity contribution in [1.29, 1.82) is 0 Å². The Balaban J connectivity index is 2.50. The average Bonchev–Trinajstić information content (AvgIpc) is 2.36. The molecule has 0 saturated carbocycles. The first-order valence-electron chi connectivity index (χ1n) is 5.83. The number of benzene rings is 1. The van der Waals surface area contributed by atoms with Crippen LogP contribution in [0.3, 0.4) is 0 Å². The van der Waals surface area contributed by atoms with Crippen molar-refractivity contribution in [2.75, 3.05) is 20.6 Å². The lowest BCUT2D eigenvalue weighted by atomic mass is 10.1. The van der Waals surface area contributed by atoms with Gasteiger partial charge in [0.15, 0.2) is 0 Å². The van der Waals surface area contributed by atoms with Crippen LogP contribution in [0.5, 0.6) is 0 Å². The van der Waals surface area contributed by atoms with Crippen LogP contribution in [0.1, 0.15) is 17.5 Å². The minimum absolute atomic E-state index is 0.0731. The number of nitrogens with two attached hydrogens (primary N) is 1. The van der Waals surface area contributed by atoms with Crippen molar-refractivity contribution in [1.82, 2.24) is 10.2 Å². The molecule has 0 bridgehead atoms. The predicted octanol–water partition coefficient (Wildman–Crippen LogP) is 0.713. The maximum Gasteiger partial charge on any atom is 0.221 e. The molecule has 0 saturated heterocycles. The van der Waals surface area contributed by atoms with Crippen LogP contribution in [-0.2, 0) is 17.9 Å². The van der Waals surface area contributed by atoms with Gasteiger partial charge < -0.3 is 16.0 Å². The zero-order chi connectivity index (χ0) is 12.7. The van der Waals surface area contributed by atoms with Crippen molar-refractivity contribution >= 4 is 5.91 Å². The second-order valence-corrected chi connectivity index (χ2v) is 4.13. The van der Waals surface area contributed by atoms with Crippen LogP contribution in [0.15, 0.2) is 24.3 Å². The van der Waals surface area contributed by atoms with E-state index in [1.807, 2.05) is 25.2 Å². The molecule has 0 aliphatic carbocycles. The van der Waals surface area contributed by atoms with Gasteiger partial charge >= 0.3 is 0 Å². The quantitative estimate of drug-likeness (QED) is 0.763. The first kappa shape index (κ1) is 13.7. The monoisotopic (exact) mass is 235 g/mol. The smallest absolute Gasteiger partial charge is 0.221 e. The lowest BCUT2D eigenvalue weighted by Crippen LogP contribution is -2.26. The fourth-order valence-electron chi connectivity index (χ4n) is 1.70. The Morgan fingerprint density at radius 1 is 1.35 bits per heavy atom. The molecule has 0 heterocycles. The summed E-state index contributed by atoms with van der Waals surface area (Å²) in [6, 6.07) is 8.14. The summed E-state index contributed by atoms with van der Waals surface area (Å²) in [6.07, 6.45) is 0.526. The highest BCUT2D eigenvalue weighted by atomic mass is 16.1. The summed E-state index contributed by atoms with van der Waals surface area (Å²) in [4.78, 5) is 13.3. The standard InChI is InChI=1S/C13H21N3O/c1-15-13(17)7-8-16(2)10-12-6-4-3-5-11(12)9-14/h3-6H,7-10,14H2,1-2H3,(H,15,17). The summed E-state index contributed by atoms with van der Waals surface area (Å²) in [7, 11) is 3.67. The molecule has 0 unspecified atom stereocenters. The van der Waals surface area contributed by atoms with Crippen molar-refractivity contribution in [2.24, 2.45) is 5.73 Å².